The molecule has 1 aromatic rings. The number of benzene rings is 1. The van der Waals surface area contributed by atoms with Crippen LogP contribution in [0.4, 0.5) is 0 Å². The van der Waals surface area contributed by atoms with Crippen molar-refractivity contribution in [1.29, 1.82) is 0 Å². The quantitative estimate of drug-likeness (QED) is 0.589. The van der Waals surface area contributed by atoms with E-state index in [1.807, 2.05) is 24.3 Å². The van der Waals surface area contributed by atoms with Crippen LogP contribution in [0.1, 0.15) is 5.56 Å². The van der Waals surface area contributed by atoms with Crippen LogP contribution in [0.5, 0.6) is 5.75 Å². The van der Waals surface area contributed by atoms with Gasteiger partial charge in [0.25, 0.3) is 0 Å². The number of fused-ring (bicyclic) bond motifs is 1. The number of nitrogens with zero attached hydrogens (tertiary/aromatic N) is 1. The van der Waals surface area contributed by atoms with Crippen LogP contribution < -0.4 is 4.84 Å². The van der Waals surface area contributed by atoms with E-state index in [1.54, 1.807) is 0 Å². The molecule has 2 rings (SSSR count). The molecule has 1 heterocycles. The van der Waals surface area contributed by atoms with Crippen molar-refractivity contribution in [3.8, 4) is 5.75 Å². The fraction of sp³-hybridized carbons (Fsp3) is 0.125. The van der Waals surface area contributed by atoms with Crippen LogP contribution in [-0.4, -0.2) is 20.6 Å². The molecule has 0 aromatic heterocycles. The van der Waals surface area contributed by atoms with E-state index in [-0.39, 0.29) is 0 Å². The molecule has 0 aliphatic carbocycles. The fourth-order valence-corrected chi connectivity index (χ4v) is 1.44. The zero-order valence-electron chi connectivity index (χ0n) is 5.78. The first-order valence-corrected chi connectivity index (χ1v) is 4.21. The Kier molecular flexibility index (Phi) is 1.68. The molecule has 55 valence electrons. The van der Waals surface area contributed by atoms with Gasteiger partial charge in [-0.1, -0.05) is 0 Å². The average molecular weight is 211 g/mol. The minimum absolute atomic E-state index is 0.857. The molecular weight excluding hydrogens is 205 g/mol. The van der Waals surface area contributed by atoms with Gasteiger partial charge in [-0.05, 0) is 0 Å². The second-order valence-corrected chi connectivity index (χ2v) is 3.35. The van der Waals surface area contributed by atoms with Gasteiger partial charge in [0.05, 0.1) is 0 Å². The Labute approximate surface area is 73.1 Å². The van der Waals surface area contributed by atoms with Crippen LogP contribution >= 0.6 is 0 Å². The summed E-state index contributed by atoms with van der Waals surface area (Å²) in [7, 11) is 0. The summed E-state index contributed by atoms with van der Waals surface area (Å²) in [5, 5.41) is 3.83. The van der Waals surface area contributed by atoms with Crippen molar-refractivity contribution in [2.75, 3.05) is 0 Å². The zero-order valence-corrected chi connectivity index (χ0v) is 7.49. The Morgan fingerprint density at radius 3 is 3.09 bits per heavy atom. The third kappa shape index (κ3) is 1.30. The second kappa shape index (κ2) is 2.68. The maximum absolute atomic E-state index is 5.09. The van der Waals surface area contributed by atoms with Crippen molar-refractivity contribution in [2.45, 2.75) is 6.42 Å². The van der Waals surface area contributed by atoms with Gasteiger partial charge in [0.1, 0.15) is 0 Å². The number of hydrogen-bond acceptors (Lipinski definition) is 2. The standard InChI is InChI=1S/C8H6NOSe/c11-8-5-6-3-1-2-4-7(6)10-9-8/h1-4H,5H2. The van der Waals surface area contributed by atoms with Crippen LogP contribution in [0.3, 0.4) is 0 Å². The van der Waals surface area contributed by atoms with Crippen LogP contribution in [-0.2, 0) is 6.42 Å². The van der Waals surface area contributed by atoms with Gasteiger partial charge in [-0.2, -0.15) is 0 Å². The van der Waals surface area contributed by atoms with Gasteiger partial charge >= 0.3 is 72.6 Å². The zero-order chi connectivity index (χ0) is 7.68. The van der Waals surface area contributed by atoms with Crippen molar-refractivity contribution in [3.05, 3.63) is 29.8 Å². The molecule has 0 atom stereocenters. The first-order chi connectivity index (χ1) is 5.36. The van der Waals surface area contributed by atoms with Gasteiger partial charge < -0.3 is 0 Å². The topological polar surface area (TPSA) is 21.6 Å². The van der Waals surface area contributed by atoms with Crippen molar-refractivity contribution >= 4 is 20.6 Å². The molecule has 0 saturated carbocycles. The number of rotatable bonds is 0. The third-order valence-electron chi connectivity index (χ3n) is 1.56. The van der Waals surface area contributed by atoms with Gasteiger partial charge in [-0.25, -0.2) is 0 Å². The summed E-state index contributed by atoms with van der Waals surface area (Å²) in [5.74, 6) is 0.867. The molecule has 0 saturated heterocycles. The molecule has 1 aliphatic rings. The monoisotopic (exact) mass is 212 g/mol. The summed E-state index contributed by atoms with van der Waals surface area (Å²) in [5.41, 5.74) is 1.19. The van der Waals surface area contributed by atoms with E-state index in [9.17, 15) is 0 Å². The van der Waals surface area contributed by atoms with Crippen LogP contribution in [0.25, 0.3) is 0 Å². The molecule has 0 unspecified atom stereocenters. The molecule has 2 nitrogen and oxygen atoms in total. The van der Waals surface area contributed by atoms with E-state index in [2.05, 4.69) is 21.2 Å². The van der Waals surface area contributed by atoms with Crippen molar-refractivity contribution in [2.24, 2.45) is 5.16 Å². The van der Waals surface area contributed by atoms with E-state index in [4.69, 9.17) is 4.84 Å². The summed E-state index contributed by atoms with van der Waals surface area (Å²) in [6, 6.07) is 7.91. The Balaban J connectivity index is 2.42. The van der Waals surface area contributed by atoms with E-state index in [1.165, 1.54) is 5.56 Å². The van der Waals surface area contributed by atoms with Crippen LogP contribution in [0, 0.1) is 0 Å². The number of hydrogen-bond donors (Lipinski definition) is 0. The first-order valence-electron chi connectivity index (χ1n) is 3.35. The Morgan fingerprint density at radius 2 is 2.18 bits per heavy atom. The summed E-state index contributed by atoms with van der Waals surface area (Å²) in [6.45, 7) is 0. The van der Waals surface area contributed by atoms with E-state index >= 15 is 0 Å². The molecule has 1 aromatic carbocycles. The molecule has 0 fully saturated rings. The fourth-order valence-electron chi connectivity index (χ4n) is 1.03. The number of oxime groups is 1. The molecule has 3 heteroatoms. The van der Waals surface area contributed by atoms with Crippen molar-refractivity contribution < 1.29 is 4.84 Å². The number of para-hydroxylation sites is 1. The maximum atomic E-state index is 5.09. The van der Waals surface area contributed by atoms with Crippen molar-refractivity contribution in [1.82, 2.24) is 0 Å². The predicted octanol–water partition coefficient (Wildman–Crippen LogP) is 1.10. The van der Waals surface area contributed by atoms with Gasteiger partial charge in [-0.15, -0.1) is 0 Å². The Morgan fingerprint density at radius 1 is 1.36 bits per heavy atom. The Hall–Kier alpha value is -0.791. The molecule has 11 heavy (non-hydrogen) atoms. The first kappa shape index (κ1) is 6.89. The van der Waals surface area contributed by atoms with Gasteiger partial charge in [0.2, 0.25) is 0 Å². The van der Waals surface area contributed by atoms with E-state index in [0.717, 1.165) is 16.8 Å². The molecule has 0 N–H and O–H groups in total. The molecule has 0 bridgehead atoms. The normalized spacial score (nSPS) is 14.7. The van der Waals surface area contributed by atoms with Crippen LogP contribution in [0.15, 0.2) is 29.4 Å². The summed E-state index contributed by atoms with van der Waals surface area (Å²) in [6.07, 6.45) is 0.857. The molecule has 0 amide bonds. The molecule has 1 aliphatic heterocycles. The summed E-state index contributed by atoms with van der Waals surface area (Å²) < 4.78 is 0.906. The molecule has 1 radical (unpaired) electrons. The molecular formula is C8H6NOSe. The average Bonchev–Trinajstić information content (AvgIpc) is 2.04. The second-order valence-electron chi connectivity index (χ2n) is 2.36. The van der Waals surface area contributed by atoms with Gasteiger partial charge in [-0.3, -0.25) is 0 Å². The molecule has 0 spiro atoms. The third-order valence-corrected chi connectivity index (χ3v) is 2.02. The van der Waals surface area contributed by atoms with Gasteiger partial charge in [0, 0.05) is 0 Å². The van der Waals surface area contributed by atoms with Gasteiger partial charge in [0.15, 0.2) is 0 Å². The summed E-state index contributed by atoms with van der Waals surface area (Å²) in [4.78, 5) is 5.09. The summed E-state index contributed by atoms with van der Waals surface area (Å²) >= 11 is 2.84. The Bertz CT molecular complexity index is 309. The van der Waals surface area contributed by atoms with Crippen LogP contribution in [0.2, 0.25) is 0 Å². The van der Waals surface area contributed by atoms with E-state index < -0.39 is 0 Å². The predicted molar refractivity (Wildman–Crippen MR) is 44.0 cm³/mol. The SMILES string of the molecule is [Se]C1=NOc2ccccc2C1. The van der Waals surface area contributed by atoms with Crippen molar-refractivity contribution in [3.63, 3.8) is 0 Å². The minimum atomic E-state index is 0.857. The van der Waals surface area contributed by atoms with E-state index in [0.29, 0.717) is 0 Å².